The van der Waals surface area contributed by atoms with Crippen LogP contribution in [0.25, 0.3) is 0 Å². The minimum atomic E-state index is -0.903. The van der Waals surface area contributed by atoms with E-state index < -0.39 is 5.60 Å². The summed E-state index contributed by atoms with van der Waals surface area (Å²) in [4.78, 5) is 2.26. The van der Waals surface area contributed by atoms with E-state index in [9.17, 15) is 5.11 Å². The van der Waals surface area contributed by atoms with Crippen molar-refractivity contribution >= 4 is 11.6 Å². The molecule has 0 saturated carbocycles. The molecule has 1 saturated heterocycles. The number of hydrogen-bond acceptors (Lipinski definition) is 6. The maximum absolute atomic E-state index is 11.3. The van der Waals surface area contributed by atoms with Crippen LogP contribution >= 0.6 is 11.6 Å². The average Bonchev–Trinajstić information content (AvgIpc) is 3.35. The molecule has 2 aromatic carbocycles. The molecule has 2 heterocycles. The first-order valence-electron chi connectivity index (χ1n) is 12.0. The van der Waals surface area contributed by atoms with Crippen LogP contribution in [0, 0.1) is 13.8 Å². The number of methoxy groups -OCH3 is 1. The lowest BCUT2D eigenvalue weighted by Gasteiger charge is -2.39. The van der Waals surface area contributed by atoms with Gasteiger partial charge in [-0.05, 0) is 80.3 Å². The van der Waals surface area contributed by atoms with Gasteiger partial charge in [0.15, 0.2) is 11.5 Å². The number of piperidine rings is 1. The van der Waals surface area contributed by atoms with Gasteiger partial charge < -0.3 is 19.3 Å². The Balaban J connectivity index is 1.33. The summed E-state index contributed by atoms with van der Waals surface area (Å²) in [5.74, 6) is 2.15. The van der Waals surface area contributed by atoms with Crippen LogP contribution in [0.2, 0.25) is 5.02 Å². The van der Waals surface area contributed by atoms with Crippen LogP contribution in [0.1, 0.15) is 29.5 Å². The first-order valence-corrected chi connectivity index (χ1v) is 12.3. The Morgan fingerprint density at radius 1 is 1.11 bits per heavy atom. The summed E-state index contributed by atoms with van der Waals surface area (Å²) in [5.41, 5.74) is 2.15. The number of β-amino-alcohol motifs (C(OH)–C–C–N with tert-alkyl or cyclic N) is 1. The third-order valence-corrected chi connectivity index (χ3v) is 6.92. The first-order chi connectivity index (χ1) is 16.8. The lowest BCUT2D eigenvalue weighted by Crippen LogP contribution is -2.51. The third kappa shape index (κ3) is 6.69. The van der Waals surface area contributed by atoms with E-state index in [-0.39, 0.29) is 6.61 Å². The fourth-order valence-corrected chi connectivity index (χ4v) is 4.64. The number of likely N-dealkylation sites (tertiary alicyclic amines) is 1. The molecule has 0 unspecified atom stereocenters. The van der Waals surface area contributed by atoms with Crippen molar-refractivity contribution < 1.29 is 19.3 Å². The minimum Gasteiger partial charge on any atom is -0.493 e. The number of nitrogens with zero attached hydrogens (tertiary/aromatic N) is 3. The predicted molar refractivity (Wildman–Crippen MR) is 137 cm³/mol. The Kier molecular flexibility index (Phi) is 8.21. The van der Waals surface area contributed by atoms with Crippen LogP contribution < -0.4 is 14.2 Å². The van der Waals surface area contributed by atoms with Crippen LogP contribution in [0.4, 0.5) is 0 Å². The molecule has 1 N–H and O–H groups in total. The summed E-state index contributed by atoms with van der Waals surface area (Å²) < 4.78 is 19.3. The molecule has 35 heavy (non-hydrogen) atoms. The molecule has 7 nitrogen and oxygen atoms in total. The zero-order chi connectivity index (χ0) is 24.8. The maximum Gasteiger partial charge on any atom is 0.161 e. The number of rotatable bonds is 10. The monoisotopic (exact) mass is 499 g/mol. The van der Waals surface area contributed by atoms with Crippen molar-refractivity contribution in [3.63, 3.8) is 0 Å². The van der Waals surface area contributed by atoms with Crippen molar-refractivity contribution in [2.24, 2.45) is 0 Å². The number of benzene rings is 2. The van der Waals surface area contributed by atoms with Gasteiger partial charge in [0.2, 0.25) is 0 Å². The normalized spacial score (nSPS) is 18.4. The highest BCUT2D eigenvalue weighted by molar-refractivity contribution is 6.32. The van der Waals surface area contributed by atoms with E-state index in [0.29, 0.717) is 44.2 Å². The van der Waals surface area contributed by atoms with E-state index in [4.69, 9.17) is 25.8 Å². The van der Waals surface area contributed by atoms with Crippen LogP contribution in [-0.2, 0) is 13.1 Å². The van der Waals surface area contributed by atoms with E-state index >= 15 is 0 Å². The Morgan fingerprint density at radius 3 is 2.63 bits per heavy atom. The second-order valence-corrected chi connectivity index (χ2v) is 9.68. The topological polar surface area (TPSA) is 69.0 Å². The van der Waals surface area contributed by atoms with E-state index in [2.05, 4.69) is 16.1 Å². The summed E-state index contributed by atoms with van der Waals surface area (Å²) in [6, 6.07) is 11.7. The lowest BCUT2D eigenvalue weighted by atomic mass is 9.93. The molecule has 0 amide bonds. The van der Waals surface area contributed by atoms with Crippen LogP contribution in [0.5, 0.6) is 17.2 Å². The van der Waals surface area contributed by atoms with Crippen LogP contribution in [-0.4, -0.2) is 58.8 Å². The summed E-state index contributed by atoms with van der Waals surface area (Å²) in [6.45, 7) is 7.52. The smallest absolute Gasteiger partial charge is 0.161 e. The molecule has 0 bridgehead atoms. The maximum atomic E-state index is 11.3. The van der Waals surface area contributed by atoms with Gasteiger partial charge >= 0.3 is 0 Å². The van der Waals surface area contributed by atoms with Crippen molar-refractivity contribution in [2.75, 3.05) is 33.4 Å². The van der Waals surface area contributed by atoms with E-state index in [1.165, 1.54) is 0 Å². The number of aryl methyl sites for hydroxylation is 2. The molecule has 1 aromatic heterocycles. The van der Waals surface area contributed by atoms with Gasteiger partial charge in [0.05, 0.1) is 13.7 Å². The Labute approximate surface area is 212 Å². The molecule has 0 spiro atoms. The lowest BCUT2D eigenvalue weighted by molar-refractivity contribution is -0.0621. The zero-order valence-electron chi connectivity index (χ0n) is 20.7. The second-order valence-electron chi connectivity index (χ2n) is 9.30. The van der Waals surface area contributed by atoms with Gasteiger partial charge in [-0.1, -0.05) is 17.7 Å². The molecule has 1 aliphatic rings. The predicted octanol–water partition coefficient (Wildman–Crippen LogP) is 4.65. The molecular weight excluding hydrogens is 466 g/mol. The standard InChI is InChI=1S/C27H34ClN3O4/c1-20-14-23(15-21(2)26(20)28)35-19-27(32)8-4-10-30(18-27)17-22-6-7-24(25(16-22)33-3)34-13-12-31-11-5-9-29-31/h5-7,9,11,14-16,32H,4,8,10,12-13,17-19H2,1-3H3/t27-/m0/s1. The molecule has 4 rings (SSSR count). The van der Waals surface area contributed by atoms with Crippen LogP contribution in [0.3, 0.4) is 0 Å². The van der Waals surface area contributed by atoms with Gasteiger partial charge in [-0.25, -0.2) is 0 Å². The summed E-state index contributed by atoms with van der Waals surface area (Å²) >= 11 is 6.27. The quantitative estimate of drug-likeness (QED) is 0.438. The molecule has 8 heteroatoms. The molecule has 1 aliphatic heterocycles. The minimum absolute atomic E-state index is 0.246. The molecule has 1 atom stereocenters. The zero-order valence-corrected chi connectivity index (χ0v) is 21.4. The molecule has 3 aromatic rings. The van der Waals surface area contributed by atoms with Crippen molar-refractivity contribution in [3.8, 4) is 17.2 Å². The summed E-state index contributed by atoms with van der Waals surface area (Å²) in [5, 5.41) is 16.2. The highest BCUT2D eigenvalue weighted by Crippen LogP contribution is 2.31. The van der Waals surface area contributed by atoms with Gasteiger partial charge in [-0.3, -0.25) is 9.58 Å². The molecule has 0 aliphatic carbocycles. The highest BCUT2D eigenvalue weighted by atomic mass is 35.5. The van der Waals surface area contributed by atoms with E-state index in [1.54, 1.807) is 13.3 Å². The number of aromatic nitrogens is 2. The molecule has 188 valence electrons. The number of ether oxygens (including phenoxy) is 3. The summed E-state index contributed by atoms with van der Waals surface area (Å²) in [6.07, 6.45) is 5.28. The summed E-state index contributed by atoms with van der Waals surface area (Å²) in [7, 11) is 1.65. The second kappa shape index (κ2) is 11.3. The molecule has 1 fully saturated rings. The average molecular weight is 500 g/mol. The fraction of sp³-hybridized carbons (Fsp3) is 0.444. The third-order valence-electron chi connectivity index (χ3n) is 6.32. The largest absolute Gasteiger partial charge is 0.493 e. The number of hydrogen-bond donors (Lipinski definition) is 1. The van der Waals surface area contributed by atoms with Crippen molar-refractivity contribution in [1.82, 2.24) is 14.7 Å². The highest BCUT2D eigenvalue weighted by Gasteiger charge is 2.34. The van der Waals surface area contributed by atoms with Gasteiger partial charge in [0, 0.05) is 30.5 Å². The number of aliphatic hydroxyl groups is 1. The van der Waals surface area contributed by atoms with Crippen molar-refractivity contribution in [2.45, 2.75) is 45.4 Å². The fourth-order valence-electron chi connectivity index (χ4n) is 4.54. The van der Waals surface area contributed by atoms with Crippen LogP contribution in [0.15, 0.2) is 48.8 Å². The van der Waals surface area contributed by atoms with Gasteiger partial charge in [0.1, 0.15) is 24.6 Å². The van der Waals surface area contributed by atoms with Crippen molar-refractivity contribution in [1.29, 1.82) is 0 Å². The van der Waals surface area contributed by atoms with Crippen molar-refractivity contribution in [3.05, 3.63) is 70.5 Å². The first kappa shape index (κ1) is 25.4. The van der Waals surface area contributed by atoms with E-state index in [0.717, 1.165) is 40.4 Å². The number of halogens is 1. The van der Waals surface area contributed by atoms with Gasteiger partial charge in [-0.15, -0.1) is 0 Å². The van der Waals surface area contributed by atoms with Gasteiger partial charge in [0.25, 0.3) is 0 Å². The molecule has 0 radical (unpaired) electrons. The SMILES string of the molecule is COc1cc(CN2CCC[C@@](O)(COc3cc(C)c(Cl)c(C)c3)C2)ccc1OCCn1cccn1. The van der Waals surface area contributed by atoms with Gasteiger partial charge in [-0.2, -0.15) is 5.10 Å². The molecular formula is C27H34ClN3O4. The van der Waals surface area contributed by atoms with E-state index in [1.807, 2.05) is 55.1 Å². The Bertz CT molecular complexity index is 1100. The Hall–Kier alpha value is -2.74. The Morgan fingerprint density at radius 2 is 1.91 bits per heavy atom.